The number of ether oxygens (including phenoxy) is 2. The summed E-state index contributed by atoms with van der Waals surface area (Å²) in [5.74, 6) is 4.79. The normalized spacial score (nSPS) is 13.9. The Labute approximate surface area is 195 Å². The number of halogens is 3. The second-order valence-electron chi connectivity index (χ2n) is 7.52. The van der Waals surface area contributed by atoms with Crippen molar-refractivity contribution in [1.29, 1.82) is 0 Å². The molecule has 0 saturated heterocycles. The Balaban J connectivity index is 1.69. The zero-order valence-corrected chi connectivity index (χ0v) is 18.8. The van der Waals surface area contributed by atoms with Gasteiger partial charge in [-0.15, -0.1) is 13.2 Å². The molecule has 0 saturated carbocycles. The summed E-state index contributed by atoms with van der Waals surface area (Å²) in [5, 5.41) is 0. The number of benzene rings is 2. The lowest BCUT2D eigenvalue weighted by Gasteiger charge is -2.22. The fraction of sp³-hybridized carbons (Fsp3) is 0.231. The van der Waals surface area contributed by atoms with Crippen molar-refractivity contribution in [1.82, 2.24) is 4.90 Å². The smallest absolute Gasteiger partial charge is 0.496 e. The lowest BCUT2D eigenvalue weighted by Crippen LogP contribution is -2.39. The summed E-state index contributed by atoms with van der Waals surface area (Å²) in [6.07, 6.45) is 0.265. The Kier molecular flexibility index (Phi) is 7.47. The highest BCUT2D eigenvalue weighted by atomic mass is 19.4. The molecule has 2 amide bonds. The van der Waals surface area contributed by atoms with Crippen molar-refractivity contribution >= 4 is 17.9 Å². The number of alkyl halides is 3. The number of carbonyl (C=O) groups excluding carboxylic acids is 2. The van der Waals surface area contributed by atoms with E-state index in [1.807, 2.05) is 26.0 Å². The maximum absolute atomic E-state index is 12.7. The lowest BCUT2D eigenvalue weighted by molar-refractivity contribution is -0.274. The van der Waals surface area contributed by atoms with Crippen LogP contribution in [0.25, 0.3) is 6.08 Å². The van der Waals surface area contributed by atoms with Crippen molar-refractivity contribution in [3.63, 3.8) is 0 Å². The minimum Gasteiger partial charge on any atom is -0.496 e. The van der Waals surface area contributed by atoms with E-state index in [0.717, 1.165) is 33.7 Å². The first kappa shape index (κ1) is 24.6. The molecule has 2 aromatic carbocycles. The fourth-order valence-electron chi connectivity index (χ4n) is 3.29. The number of methoxy groups -OCH3 is 1. The summed E-state index contributed by atoms with van der Waals surface area (Å²) in [5.41, 5.74) is 3.34. The first-order valence-electron chi connectivity index (χ1n) is 10.3. The molecule has 0 aliphatic carbocycles. The van der Waals surface area contributed by atoms with Crippen LogP contribution in [0.3, 0.4) is 0 Å². The highest BCUT2D eigenvalue weighted by Crippen LogP contribution is 2.24. The maximum Gasteiger partial charge on any atom is 0.573 e. The molecule has 0 bridgehead atoms. The van der Waals surface area contributed by atoms with Gasteiger partial charge in [0, 0.05) is 18.2 Å². The largest absolute Gasteiger partial charge is 0.573 e. The average Bonchev–Trinajstić information content (AvgIpc) is 2.78. The van der Waals surface area contributed by atoms with Gasteiger partial charge in [0.15, 0.2) is 0 Å². The number of imide groups is 1. The number of nitrogens with zero attached hydrogens (tertiary/aromatic N) is 1. The summed E-state index contributed by atoms with van der Waals surface area (Å²) in [4.78, 5) is 26.5. The number of hydrogen-bond acceptors (Lipinski definition) is 4. The molecule has 0 fully saturated rings. The summed E-state index contributed by atoms with van der Waals surface area (Å²) >= 11 is 0. The number of carbonyl (C=O) groups is 2. The molecule has 1 aliphatic rings. The van der Waals surface area contributed by atoms with Gasteiger partial charge in [-0.3, -0.25) is 14.5 Å². The number of amides is 2. The van der Waals surface area contributed by atoms with Gasteiger partial charge in [0.1, 0.15) is 11.5 Å². The van der Waals surface area contributed by atoms with E-state index in [2.05, 4.69) is 16.6 Å². The molecule has 34 heavy (non-hydrogen) atoms. The first-order valence-corrected chi connectivity index (χ1v) is 10.3. The van der Waals surface area contributed by atoms with Gasteiger partial charge in [0.2, 0.25) is 0 Å². The van der Waals surface area contributed by atoms with E-state index in [4.69, 9.17) is 4.74 Å². The van der Waals surface area contributed by atoms with Crippen molar-refractivity contribution in [2.75, 3.05) is 13.7 Å². The van der Waals surface area contributed by atoms with Gasteiger partial charge in [-0.25, -0.2) is 0 Å². The zero-order valence-electron chi connectivity index (χ0n) is 18.8. The Morgan fingerprint density at radius 3 is 2.47 bits per heavy atom. The molecule has 1 heterocycles. The molecular weight excluding hydrogens is 447 g/mol. The minimum atomic E-state index is -4.78. The van der Waals surface area contributed by atoms with Crippen LogP contribution in [0.2, 0.25) is 0 Å². The van der Waals surface area contributed by atoms with Crippen molar-refractivity contribution in [2.45, 2.75) is 26.6 Å². The monoisotopic (exact) mass is 469 g/mol. The molecule has 0 spiro atoms. The lowest BCUT2D eigenvalue weighted by atomic mass is 10.0. The second kappa shape index (κ2) is 10.3. The molecule has 176 valence electrons. The van der Waals surface area contributed by atoms with Gasteiger partial charge in [-0.2, -0.15) is 0 Å². The maximum atomic E-state index is 12.7. The number of aryl methyl sites for hydroxylation is 1. The van der Waals surface area contributed by atoms with Gasteiger partial charge in [-0.1, -0.05) is 24.0 Å². The van der Waals surface area contributed by atoms with Crippen molar-refractivity contribution in [3.05, 3.63) is 76.4 Å². The predicted molar refractivity (Wildman–Crippen MR) is 121 cm³/mol. The molecule has 3 rings (SSSR count). The fourth-order valence-corrected chi connectivity index (χ4v) is 3.29. The topological polar surface area (TPSA) is 55.8 Å². The Morgan fingerprint density at radius 2 is 1.82 bits per heavy atom. The summed E-state index contributed by atoms with van der Waals surface area (Å²) in [7, 11) is 1.58. The van der Waals surface area contributed by atoms with Crippen LogP contribution in [-0.4, -0.2) is 36.7 Å². The SMILES string of the molecule is COc1cc(/C=C/C(=O)N2CCC=C(C#Cc3ccc(OC(F)(F)F)cc3)C2=O)cc(C)c1C. The number of hydrogen-bond donors (Lipinski definition) is 0. The molecule has 0 atom stereocenters. The van der Waals surface area contributed by atoms with E-state index in [0.29, 0.717) is 17.7 Å². The highest BCUT2D eigenvalue weighted by Gasteiger charge is 2.31. The second-order valence-corrected chi connectivity index (χ2v) is 7.52. The van der Waals surface area contributed by atoms with Crippen molar-refractivity contribution in [3.8, 4) is 23.3 Å². The molecule has 0 radical (unpaired) electrons. The van der Waals surface area contributed by atoms with E-state index in [-0.39, 0.29) is 17.9 Å². The number of rotatable bonds is 4. The quantitative estimate of drug-likeness (QED) is 0.469. The summed E-state index contributed by atoms with van der Waals surface area (Å²) in [6, 6.07) is 8.71. The minimum absolute atomic E-state index is 0.150. The summed E-state index contributed by atoms with van der Waals surface area (Å²) < 4.78 is 45.9. The van der Waals surface area contributed by atoms with E-state index in [1.165, 1.54) is 18.2 Å². The van der Waals surface area contributed by atoms with Crippen LogP contribution in [-0.2, 0) is 9.59 Å². The van der Waals surface area contributed by atoms with E-state index in [1.54, 1.807) is 19.3 Å². The van der Waals surface area contributed by atoms with Crippen LogP contribution in [0.15, 0.2) is 54.1 Å². The Hall–Kier alpha value is -3.99. The van der Waals surface area contributed by atoms with Crippen LogP contribution in [0.1, 0.15) is 28.7 Å². The molecule has 0 N–H and O–H groups in total. The Bertz CT molecular complexity index is 1220. The van der Waals surface area contributed by atoms with Gasteiger partial charge in [0.05, 0.1) is 12.7 Å². The predicted octanol–water partition coefficient (Wildman–Crippen LogP) is 4.96. The van der Waals surface area contributed by atoms with Crippen LogP contribution in [0.4, 0.5) is 13.2 Å². The average molecular weight is 469 g/mol. The third-order valence-electron chi connectivity index (χ3n) is 5.15. The highest BCUT2D eigenvalue weighted by molar-refractivity contribution is 6.11. The third kappa shape index (κ3) is 6.29. The third-order valence-corrected chi connectivity index (χ3v) is 5.15. The first-order chi connectivity index (χ1) is 16.1. The molecule has 1 aliphatic heterocycles. The molecule has 0 aromatic heterocycles. The van der Waals surface area contributed by atoms with Crippen LogP contribution < -0.4 is 9.47 Å². The molecule has 5 nitrogen and oxygen atoms in total. The van der Waals surface area contributed by atoms with Crippen LogP contribution in [0.5, 0.6) is 11.5 Å². The molecule has 2 aromatic rings. The van der Waals surface area contributed by atoms with Gasteiger partial charge in [0.25, 0.3) is 11.8 Å². The van der Waals surface area contributed by atoms with Crippen LogP contribution >= 0.6 is 0 Å². The van der Waals surface area contributed by atoms with E-state index in [9.17, 15) is 22.8 Å². The van der Waals surface area contributed by atoms with E-state index >= 15 is 0 Å². The standard InChI is InChI=1S/C26H22F3NO4/c1-17-15-20(16-23(33-3)18(17)2)9-13-24(31)30-14-4-5-21(25(30)32)10-6-19-7-11-22(12-8-19)34-26(27,28)29/h5,7-9,11-13,15-16H,4,14H2,1-3H3/b13-9+. The van der Waals surface area contributed by atoms with E-state index < -0.39 is 18.2 Å². The van der Waals surface area contributed by atoms with Crippen molar-refractivity contribution < 1.29 is 32.2 Å². The van der Waals surface area contributed by atoms with Gasteiger partial charge in [-0.05, 0) is 73.4 Å². The molecule has 0 unspecified atom stereocenters. The van der Waals surface area contributed by atoms with Gasteiger partial charge < -0.3 is 9.47 Å². The Morgan fingerprint density at radius 1 is 1.12 bits per heavy atom. The molecule has 8 heteroatoms. The summed E-state index contributed by atoms with van der Waals surface area (Å²) in [6.45, 7) is 4.11. The van der Waals surface area contributed by atoms with Crippen molar-refractivity contribution in [2.24, 2.45) is 0 Å². The van der Waals surface area contributed by atoms with Crippen LogP contribution in [0, 0.1) is 25.7 Å². The van der Waals surface area contributed by atoms with Gasteiger partial charge >= 0.3 is 6.36 Å². The zero-order chi connectivity index (χ0) is 24.9. The molecular formula is C26H22F3NO4.